The average molecular weight is 112 g/mol. The second kappa shape index (κ2) is 3.71. The number of hydrogen-bond acceptors (Lipinski definition) is 0. The Labute approximate surface area is 52.6 Å². The zero-order chi connectivity index (χ0) is 6.57. The maximum Gasteiger partial charge on any atom is -0.0237 e. The Morgan fingerprint density at radius 3 is 2.25 bits per heavy atom. The van der Waals surface area contributed by atoms with Gasteiger partial charge in [0.1, 0.15) is 0 Å². The fourth-order valence-corrected chi connectivity index (χ4v) is 0.606. The third-order valence-corrected chi connectivity index (χ3v) is 1.85. The standard InChI is InChI=1S/C8H16/c1-5-7(3)8(4)6-2/h5,8H,6H2,1-4H3. The molecule has 0 rings (SSSR count). The van der Waals surface area contributed by atoms with E-state index in [1.807, 2.05) is 0 Å². The molecule has 0 heterocycles. The number of allylic oxidation sites excluding steroid dienone is 2. The molecule has 0 fully saturated rings. The Hall–Kier alpha value is -0.260. The van der Waals surface area contributed by atoms with Crippen LogP contribution in [0.15, 0.2) is 11.6 Å². The monoisotopic (exact) mass is 112 g/mol. The van der Waals surface area contributed by atoms with Gasteiger partial charge in [0.15, 0.2) is 0 Å². The van der Waals surface area contributed by atoms with Gasteiger partial charge in [-0.2, -0.15) is 0 Å². The van der Waals surface area contributed by atoms with Gasteiger partial charge >= 0.3 is 0 Å². The first-order valence-electron chi connectivity index (χ1n) is 3.35. The second-order valence-electron chi connectivity index (χ2n) is 2.34. The zero-order valence-corrected chi connectivity index (χ0v) is 6.36. The van der Waals surface area contributed by atoms with Gasteiger partial charge in [-0.05, 0) is 26.2 Å². The summed E-state index contributed by atoms with van der Waals surface area (Å²) in [5, 5.41) is 0. The quantitative estimate of drug-likeness (QED) is 0.482. The van der Waals surface area contributed by atoms with Crippen LogP contribution in [0, 0.1) is 5.92 Å². The van der Waals surface area contributed by atoms with Crippen molar-refractivity contribution in [3.8, 4) is 0 Å². The third-order valence-electron chi connectivity index (χ3n) is 1.85. The van der Waals surface area contributed by atoms with E-state index in [0.29, 0.717) is 0 Å². The van der Waals surface area contributed by atoms with Crippen LogP contribution in [-0.4, -0.2) is 0 Å². The summed E-state index contributed by atoms with van der Waals surface area (Å²) in [6.45, 7) is 8.77. The van der Waals surface area contributed by atoms with Crippen LogP contribution in [0.1, 0.15) is 34.1 Å². The molecule has 48 valence electrons. The molecule has 0 amide bonds. The van der Waals surface area contributed by atoms with Crippen LogP contribution in [0.5, 0.6) is 0 Å². The van der Waals surface area contributed by atoms with Crippen molar-refractivity contribution < 1.29 is 0 Å². The Bertz CT molecular complexity index is 80.0. The Kier molecular flexibility index (Phi) is 3.59. The summed E-state index contributed by atoms with van der Waals surface area (Å²) in [5.41, 5.74) is 1.51. The molecule has 0 spiro atoms. The highest BCUT2D eigenvalue weighted by molar-refractivity contribution is 4.99. The van der Waals surface area contributed by atoms with Gasteiger partial charge in [0.2, 0.25) is 0 Å². The third kappa shape index (κ3) is 2.15. The van der Waals surface area contributed by atoms with Gasteiger partial charge in [0, 0.05) is 0 Å². The molecular weight excluding hydrogens is 96.1 g/mol. The van der Waals surface area contributed by atoms with Gasteiger partial charge in [0.25, 0.3) is 0 Å². The molecule has 0 nitrogen and oxygen atoms in total. The van der Waals surface area contributed by atoms with Crippen molar-refractivity contribution in [3.05, 3.63) is 11.6 Å². The summed E-state index contributed by atoms with van der Waals surface area (Å²) in [6, 6.07) is 0. The number of hydrogen-bond donors (Lipinski definition) is 0. The number of rotatable bonds is 2. The first-order chi connectivity index (χ1) is 3.72. The molecule has 0 N–H and O–H groups in total. The van der Waals surface area contributed by atoms with E-state index in [-0.39, 0.29) is 0 Å². The summed E-state index contributed by atoms with van der Waals surface area (Å²) in [4.78, 5) is 0. The van der Waals surface area contributed by atoms with Crippen molar-refractivity contribution >= 4 is 0 Å². The minimum Gasteiger partial charge on any atom is -0.0885 e. The van der Waals surface area contributed by atoms with Crippen LogP contribution in [-0.2, 0) is 0 Å². The molecule has 0 aromatic heterocycles. The van der Waals surface area contributed by atoms with Gasteiger partial charge in [-0.1, -0.05) is 25.5 Å². The van der Waals surface area contributed by atoms with Gasteiger partial charge in [0.05, 0.1) is 0 Å². The summed E-state index contributed by atoms with van der Waals surface area (Å²) in [6.07, 6.45) is 3.45. The molecule has 1 atom stereocenters. The van der Waals surface area contributed by atoms with E-state index in [9.17, 15) is 0 Å². The van der Waals surface area contributed by atoms with E-state index in [1.54, 1.807) is 0 Å². The maximum absolute atomic E-state index is 2.26. The van der Waals surface area contributed by atoms with E-state index in [1.165, 1.54) is 12.0 Å². The Morgan fingerprint density at radius 2 is 2.12 bits per heavy atom. The lowest BCUT2D eigenvalue weighted by Crippen LogP contribution is -1.91. The van der Waals surface area contributed by atoms with Gasteiger partial charge in [-0.15, -0.1) is 0 Å². The van der Waals surface area contributed by atoms with Crippen LogP contribution < -0.4 is 0 Å². The molecule has 8 heavy (non-hydrogen) atoms. The average Bonchev–Trinajstić information content (AvgIpc) is 1.84. The van der Waals surface area contributed by atoms with Crippen LogP contribution in [0.4, 0.5) is 0 Å². The first kappa shape index (κ1) is 7.74. The van der Waals surface area contributed by atoms with E-state index < -0.39 is 0 Å². The van der Waals surface area contributed by atoms with Crippen molar-refractivity contribution in [1.82, 2.24) is 0 Å². The second-order valence-corrected chi connectivity index (χ2v) is 2.34. The summed E-state index contributed by atoms with van der Waals surface area (Å²) in [5.74, 6) is 0.778. The predicted octanol–water partition coefficient (Wildman–Crippen LogP) is 3.00. The molecule has 0 aliphatic rings. The first-order valence-corrected chi connectivity index (χ1v) is 3.35. The molecule has 0 radical (unpaired) electrons. The van der Waals surface area contributed by atoms with E-state index in [2.05, 4.69) is 33.8 Å². The topological polar surface area (TPSA) is 0 Å². The molecule has 1 unspecified atom stereocenters. The predicted molar refractivity (Wildman–Crippen MR) is 38.9 cm³/mol. The van der Waals surface area contributed by atoms with Crippen LogP contribution in [0.25, 0.3) is 0 Å². The van der Waals surface area contributed by atoms with Gasteiger partial charge < -0.3 is 0 Å². The summed E-state index contributed by atoms with van der Waals surface area (Å²) in [7, 11) is 0. The lowest BCUT2D eigenvalue weighted by atomic mass is 10.0. The molecule has 0 aliphatic heterocycles. The Balaban J connectivity index is 3.63. The van der Waals surface area contributed by atoms with E-state index in [0.717, 1.165) is 5.92 Å². The van der Waals surface area contributed by atoms with Gasteiger partial charge in [-0.3, -0.25) is 0 Å². The highest BCUT2D eigenvalue weighted by Crippen LogP contribution is 2.11. The molecule has 0 saturated heterocycles. The highest BCUT2D eigenvalue weighted by Gasteiger charge is 1.96. The minimum absolute atomic E-state index is 0.778. The lowest BCUT2D eigenvalue weighted by molar-refractivity contribution is 0.654. The van der Waals surface area contributed by atoms with Gasteiger partial charge in [-0.25, -0.2) is 0 Å². The van der Waals surface area contributed by atoms with Crippen molar-refractivity contribution in [2.24, 2.45) is 5.92 Å². The molecule has 0 saturated carbocycles. The minimum atomic E-state index is 0.778. The molecule has 0 heteroatoms. The van der Waals surface area contributed by atoms with Crippen LogP contribution >= 0.6 is 0 Å². The summed E-state index contributed by atoms with van der Waals surface area (Å²) >= 11 is 0. The Morgan fingerprint density at radius 1 is 1.62 bits per heavy atom. The lowest BCUT2D eigenvalue weighted by Gasteiger charge is -2.06. The van der Waals surface area contributed by atoms with Crippen molar-refractivity contribution in [1.29, 1.82) is 0 Å². The molecule has 0 aliphatic carbocycles. The molecule has 0 aromatic carbocycles. The molecular formula is C8H16. The van der Waals surface area contributed by atoms with Crippen molar-refractivity contribution in [3.63, 3.8) is 0 Å². The highest BCUT2D eigenvalue weighted by atomic mass is 14.0. The van der Waals surface area contributed by atoms with Crippen molar-refractivity contribution in [2.75, 3.05) is 0 Å². The van der Waals surface area contributed by atoms with Crippen molar-refractivity contribution in [2.45, 2.75) is 34.1 Å². The van der Waals surface area contributed by atoms with E-state index >= 15 is 0 Å². The normalized spacial score (nSPS) is 16.2. The molecule has 0 bridgehead atoms. The fraction of sp³-hybridized carbons (Fsp3) is 0.750. The largest absolute Gasteiger partial charge is 0.0885 e. The van der Waals surface area contributed by atoms with E-state index in [4.69, 9.17) is 0 Å². The molecule has 0 aromatic rings. The summed E-state index contributed by atoms with van der Waals surface area (Å²) < 4.78 is 0. The SMILES string of the molecule is CC=C(C)C(C)CC. The maximum atomic E-state index is 2.26. The zero-order valence-electron chi connectivity index (χ0n) is 6.36. The smallest absolute Gasteiger partial charge is 0.0237 e. The van der Waals surface area contributed by atoms with Crippen LogP contribution in [0.3, 0.4) is 0 Å². The van der Waals surface area contributed by atoms with Crippen LogP contribution in [0.2, 0.25) is 0 Å². The fourth-order valence-electron chi connectivity index (χ4n) is 0.606.